The second-order valence-corrected chi connectivity index (χ2v) is 10.6. The Morgan fingerprint density at radius 3 is 1.98 bits per heavy atom. The number of carbonyl (C=O) groups excluding carboxylic acids is 2. The summed E-state index contributed by atoms with van der Waals surface area (Å²) < 4.78 is 101. The number of hydrogen-bond acceptors (Lipinski definition) is 7. The maximum Gasteiger partial charge on any atom is 0.490 e. The maximum atomic E-state index is 13.8. The van der Waals surface area contributed by atoms with E-state index >= 15 is 0 Å². The molecule has 2 amide bonds. The number of benzene rings is 2. The van der Waals surface area contributed by atoms with E-state index in [4.69, 9.17) is 21.0 Å². The molecular formula is C26H24F6N6O6S. The number of hydrogen-bond donors (Lipinski definition) is 6. The van der Waals surface area contributed by atoms with Crippen molar-refractivity contribution >= 4 is 45.0 Å². The summed E-state index contributed by atoms with van der Waals surface area (Å²) in [7, 11) is -4.60. The van der Waals surface area contributed by atoms with Crippen molar-refractivity contribution < 1.29 is 54.3 Å². The molecule has 0 fully saturated rings. The highest BCUT2D eigenvalue weighted by atomic mass is 32.2. The first-order valence-electron chi connectivity index (χ1n) is 12.2. The summed E-state index contributed by atoms with van der Waals surface area (Å²) >= 11 is 0. The van der Waals surface area contributed by atoms with Gasteiger partial charge in [0.2, 0.25) is 11.8 Å². The molecule has 0 aliphatic carbocycles. The number of carboxylic acid groups (broad SMARTS) is 1. The highest BCUT2D eigenvalue weighted by Crippen LogP contribution is 2.36. The number of sulfonamides is 1. The van der Waals surface area contributed by atoms with Crippen LogP contribution in [0.3, 0.4) is 0 Å². The second kappa shape index (κ2) is 14.5. The van der Waals surface area contributed by atoms with Crippen LogP contribution in [-0.2, 0) is 30.6 Å². The molecule has 1 aromatic heterocycles. The third-order valence-electron chi connectivity index (χ3n) is 5.45. The summed E-state index contributed by atoms with van der Waals surface area (Å²) in [6.45, 7) is 1.40. The first kappa shape index (κ1) is 36.0. The van der Waals surface area contributed by atoms with Gasteiger partial charge in [-0.3, -0.25) is 24.7 Å². The van der Waals surface area contributed by atoms with Gasteiger partial charge in [-0.15, -0.1) is 0 Å². The van der Waals surface area contributed by atoms with Crippen LogP contribution >= 0.6 is 0 Å². The Morgan fingerprint density at radius 1 is 0.933 bits per heavy atom. The van der Waals surface area contributed by atoms with Gasteiger partial charge in [-0.1, -0.05) is 6.07 Å². The van der Waals surface area contributed by atoms with E-state index in [0.29, 0.717) is 17.3 Å². The lowest BCUT2D eigenvalue weighted by Crippen LogP contribution is -2.30. The summed E-state index contributed by atoms with van der Waals surface area (Å²) in [6, 6.07) is 10.2. The molecule has 7 N–H and O–H groups in total. The first-order valence-corrected chi connectivity index (χ1v) is 13.7. The second-order valence-electron chi connectivity index (χ2n) is 8.90. The fourth-order valence-electron chi connectivity index (χ4n) is 3.36. The summed E-state index contributed by atoms with van der Waals surface area (Å²) in [5.74, 6) is -4.35. The molecule has 0 bridgehead atoms. The molecule has 3 aromatic rings. The average molecular weight is 663 g/mol. The highest BCUT2D eigenvalue weighted by Gasteiger charge is 2.39. The molecular weight excluding hydrogens is 638 g/mol. The van der Waals surface area contributed by atoms with E-state index in [1.54, 1.807) is 0 Å². The quantitative estimate of drug-likeness (QED) is 0.0852. The van der Waals surface area contributed by atoms with Crippen LogP contribution in [0, 0.1) is 5.41 Å². The number of nitrogens with one attached hydrogen (secondary N) is 4. The van der Waals surface area contributed by atoms with Crippen LogP contribution in [0.2, 0.25) is 0 Å². The molecule has 0 saturated heterocycles. The molecule has 1 unspecified atom stereocenters. The number of aromatic nitrogens is 1. The fourth-order valence-corrected chi connectivity index (χ4v) is 4.63. The lowest BCUT2D eigenvalue weighted by molar-refractivity contribution is -0.192. The standard InChI is InChI=1S/C24H23F3N6O4S.C2HF3O2/c1-14(31-21(34)13-22(35)32-17-5-2-15(3-6-17)23(28)29)16-4-7-20(19(12-16)24(25,26)27)38(36,37)33-18-8-10-30-11-9-18;3-2(4,5)1(6)7/h2-12,14H,13H2,1H3,(H3,28,29)(H,30,33)(H,31,34)(H,32,35);(H,6,7). The monoisotopic (exact) mass is 662 g/mol. The van der Waals surface area contributed by atoms with Crippen LogP contribution in [0.5, 0.6) is 0 Å². The molecule has 242 valence electrons. The van der Waals surface area contributed by atoms with Crippen molar-refractivity contribution in [3.63, 3.8) is 0 Å². The number of nitrogen functional groups attached to an aromatic ring is 1. The van der Waals surface area contributed by atoms with Crippen LogP contribution in [0.15, 0.2) is 71.9 Å². The summed E-state index contributed by atoms with van der Waals surface area (Å²) in [5.41, 5.74) is 4.76. The topological polar surface area (TPSA) is 204 Å². The minimum atomic E-state index is -5.08. The minimum absolute atomic E-state index is 0.0197. The number of alkyl halides is 6. The molecule has 1 atom stereocenters. The zero-order valence-electron chi connectivity index (χ0n) is 22.8. The minimum Gasteiger partial charge on any atom is -0.475 e. The largest absolute Gasteiger partial charge is 0.490 e. The summed E-state index contributed by atoms with van der Waals surface area (Å²) in [6.07, 6.45) is -8.16. The molecule has 1 heterocycles. The number of anilines is 2. The zero-order valence-corrected chi connectivity index (χ0v) is 23.6. The number of carbonyl (C=O) groups is 3. The van der Waals surface area contributed by atoms with Crippen molar-refractivity contribution in [3.8, 4) is 0 Å². The van der Waals surface area contributed by atoms with Gasteiger partial charge in [-0.05, 0) is 61.0 Å². The molecule has 0 spiro atoms. The highest BCUT2D eigenvalue weighted by molar-refractivity contribution is 7.92. The van der Waals surface area contributed by atoms with Crippen LogP contribution < -0.4 is 21.1 Å². The van der Waals surface area contributed by atoms with Gasteiger partial charge in [0.25, 0.3) is 10.0 Å². The number of aliphatic carboxylic acids is 1. The number of halogens is 6. The Hall–Kier alpha value is -5.20. The number of nitrogens with two attached hydrogens (primary N) is 1. The SMILES string of the molecule is CC(NC(=O)CC(=O)Nc1ccc(C(=N)N)cc1)c1ccc(S(=O)(=O)Nc2ccncc2)c(C(F)(F)F)c1.O=C(O)C(F)(F)F. The van der Waals surface area contributed by atoms with E-state index in [0.717, 1.165) is 12.1 Å². The Morgan fingerprint density at radius 2 is 1.49 bits per heavy atom. The van der Waals surface area contributed by atoms with Crippen LogP contribution in [0.4, 0.5) is 37.7 Å². The van der Waals surface area contributed by atoms with Gasteiger partial charge >= 0.3 is 18.3 Å². The van der Waals surface area contributed by atoms with Crippen molar-refractivity contribution in [3.05, 3.63) is 83.7 Å². The number of carboxylic acids is 1. The predicted molar refractivity (Wildman–Crippen MR) is 147 cm³/mol. The van der Waals surface area contributed by atoms with Gasteiger partial charge in [0.05, 0.1) is 22.2 Å². The Bertz CT molecular complexity index is 1650. The Balaban J connectivity index is 0.000000900. The van der Waals surface area contributed by atoms with Gasteiger partial charge in [-0.25, -0.2) is 13.2 Å². The fraction of sp³-hybridized carbons (Fsp3) is 0.192. The normalized spacial score (nSPS) is 12.2. The number of pyridine rings is 1. The van der Waals surface area contributed by atoms with E-state index in [1.807, 2.05) is 0 Å². The number of rotatable bonds is 9. The molecule has 3 rings (SSSR count). The molecule has 45 heavy (non-hydrogen) atoms. The van der Waals surface area contributed by atoms with Crippen molar-refractivity contribution in [2.24, 2.45) is 5.73 Å². The van der Waals surface area contributed by atoms with E-state index in [-0.39, 0.29) is 17.1 Å². The van der Waals surface area contributed by atoms with Crippen LogP contribution in [-0.4, -0.2) is 48.3 Å². The van der Waals surface area contributed by atoms with Gasteiger partial charge < -0.3 is 21.5 Å². The van der Waals surface area contributed by atoms with Crippen molar-refractivity contribution in [1.82, 2.24) is 10.3 Å². The van der Waals surface area contributed by atoms with Crippen molar-refractivity contribution in [2.45, 2.75) is 36.6 Å². The van der Waals surface area contributed by atoms with Crippen molar-refractivity contribution in [2.75, 3.05) is 10.0 Å². The number of amidine groups is 1. The van der Waals surface area contributed by atoms with E-state index in [2.05, 4.69) is 20.3 Å². The van der Waals surface area contributed by atoms with Gasteiger partial charge in [0.15, 0.2) is 0 Å². The molecule has 12 nitrogen and oxygen atoms in total. The molecule has 0 saturated carbocycles. The summed E-state index contributed by atoms with van der Waals surface area (Å²) in [4.78, 5) is 36.1. The first-order chi connectivity index (χ1) is 20.7. The number of nitrogens with zero attached hydrogens (tertiary/aromatic N) is 1. The third kappa shape index (κ3) is 11.1. The summed E-state index contributed by atoms with van der Waals surface area (Å²) in [5, 5.41) is 19.4. The van der Waals surface area contributed by atoms with Gasteiger partial charge in [-0.2, -0.15) is 26.3 Å². The van der Waals surface area contributed by atoms with Gasteiger partial charge in [0.1, 0.15) is 12.3 Å². The van der Waals surface area contributed by atoms with Gasteiger partial charge in [0, 0.05) is 23.6 Å². The third-order valence-corrected chi connectivity index (χ3v) is 6.89. The molecule has 19 heteroatoms. The predicted octanol–water partition coefficient (Wildman–Crippen LogP) is 4.02. The van der Waals surface area contributed by atoms with E-state index in [1.165, 1.54) is 55.7 Å². The van der Waals surface area contributed by atoms with E-state index < -0.39 is 63.1 Å². The number of amides is 2. The molecule has 0 radical (unpaired) electrons. The van der Waals surface area contributed by atoms with Crippen LogP contribution in [0.1, 0.15) is 36.1 Å². The average Bonchev–Trinajstić information content (AvgIpc) is 2.92. The lowest BCUT2D eigenvalue weighted by Gasteiger charge is -2.19. The molecule has 0 aliphatic rings. The lowest BCUT2D eigenvalue weighted by atomic mass is 10.0. The Labute approximate surface area is 251 Å². The van der Waals surface area contributed by atoms with Crippen LogP contribution in [0.25, 0.3) is 0 Å². The molecule has 2 aromatic carbocycles. The van der Waals surface area contributed by atoms with Crippen molar-refractivity contribution in [1.29, 1.82) is 5.41 Å². The Kier molecular flexibility index (Phi) is 11.6. The molecule has 0 aliphatic heterocycles. The zero-order chi connectivity index (χ0) is 34.2. The smallest absolute Gasteiger partial charge is 0.475 e. The maximum absolute atomic E-state index is 13.8. The van der Waals surface area contributed by atoms with E-state index in [9.17, 15) is 44.3 Å².